The third kappa shape index (κ3) is 5.11. The van der Waals surface area contributed by atoms with Crippen LogP contribution in [0.15, 0.2) is 0 Å². The zero-order chi connectivity index (χ0) is 13.5. The van der Waals surface area contributed by atoms with Crippen molar-refractivity contribution in [2.45, 2.75) is 51.0 Å². The standard InChI is InChI=1S/C15H29N3O/c1-17-10-12-18(13-11-17)15(19)8-9-16-14-6-4-2-3-5-7-14/h14,16H,2-13H2,1H3. The Morgan fingerprint density at radius 1 is 1.05 bits per heavy atom. The number of carbonyl (C=O) groups excluding carboxylic acids is 1. The monoisotopic (exact) mass is 267 g/mol. The van der Waals surface area contributed by atoms with E-state index in [1.54, 1.807) is 0 Å². The number of hydrogen-bond acceptors (Lipinski definition) is 3. The molecule has 0 radical (unpaired) electrons. The highest BCUT2D eigenvalue weighted by atomic mass is 16.2. The highest BCUT2D eigenvalue weighted by Gasteiger charge is 2.19. The van der Waals surface area contributed by atoms with Crippen LogP contribution in [-0.2, 0) is 4.79 Å². The summed E-state index contributed by atoms with van der Waals surface area (Å²) in [5.74, 6) is 0.328. The number of likely N-dealkylation sites (N-methyl/N-ethyl adjacent to an activating group) is 1. The summed E-state index contributed by atoms with van der Waals surface area (Å²) in [6.45, 7) is 4.69. The van der Waals surface area contributed by atoms with Crippen molar-refractivity contribution >= 4 is 5.91 Å². The topological polar surface area (TPSA) is 35.6 Å². The van der Waals surface area contributed by atoms with Gasteiger partial charge in [-0.2, -0.15) is 0 Å². The molecule has 4 heteroatoms. The molecule has 1 saturated carbocycles. The van der Waals surface area contributed by atoms with Crippen molar-refractivity contribution in [2.75, 3.05) is 39.8 Å². The van der Waals surface area contributed by atoms with E-state index in [1.165, 1.54) is 38.5 Å². The van der Waals surface area contributed by atoms with Crippen LogP contribution < -0.4 is 5.32 Å². The first-order chi connectivity index (χ1) is 9.25. The van der Waals surface area contributed by atoms with E-state index < -0.39 is 0 Å². The van der Waals surface area contributed by atoms with Gasteiger partial charge in [0.2, 0.25) is 5.91 Å². The second-order valence-electron chi connectivity index (χ2n) is 6.08. The van der Waals surface area contributed by atoms with Crippen LogP contribution in [-0.4, -0.2) is 61.5 Å². The Morgan fingerprint density at radius 2 is 1.68 bits per heavy atom. The molecular weight excluding hydrogens is 238 g/mol. The smallest absolute Gasteiger partial charge is 0.223 e. The average Bonchev–Trinajstić information content (AvgIpc) is 2.68. The van der Waals surface area contributed by atoms with Gasteiger partial charge >= 0.3 is 0 Å². The molecule has 110 valence electrons. The lowest BCUT2D eigenvalue weighted by atomic mass is 10.1. The quantitative estimate of drug-likeness (QED) is 0.783. The van der Waals surface area contributed by atoms with E-state index in [9.17, 15) is 4.79 Å². The Kier molecular flexibility index (Phi) is 6.11. The van der Waals surface area contributed by atoms with E-state index in [-0.39, 0.29) is 0 Å². The molecule has 2 rings (SSSR count). The lowest BCUT2D eigenvalue weighted by Crippen LogP contribution is -2.47. The van der Waals surface area contributed by atoms with E-state index in [0.29, 0.717) is 18.4 Å². The summed E-state index contributed by atoms with van der Waals surface area (Å²) in [5.41, 5.74) is 0. The number of rotatable bonds is 4. The molecule has 1 aliphatic heterocycles. The van der Waals surface area contributed by atoms with Crippen LogP contribution in [0.5, 0.6) is 0 Å². The molecule has 0 atom stereocenters. The van der Waals surface area contributed by atoms with Crippen LogP contribution in [0.3, 0.4) is 0 Å². The van der Waals surface area contributed by atoms with Crippen LogP contribution >= 0.6 is 0 Å². The molecule has 1 aliphatic carbocycles. The summed E-state index contributed by atoms with van der Waals surface area (Å²) in [6, 6.07) is 0.655. The van der Waals surface area contributed by atoms with E-state index >= 15 is 0 Å². The number of nitrogens with zero attached hydrogens (tertiary/aromatic N) is 2. The first kappa shape index (κ1) is 14.8. The van der Waals surface area contributed by atoms with Crippen LogP contribution in [0, 0.1) is 0 Å². The number of carbonyl (C=O) groups is 1. The summed E-state index contributed by atoms with van der Waals surface area (Å²) < 4.78 is 0. The SMILES string of the molecule is CN1CCN(C(=O)CCNC2CCCCCC2)CC1. The molecule has 0 aromatic rings. The van der Waals surface area contributed by atoms with Crippen molar-refractivity contribution < 1.29 is 4.79 Å². The molecule has 2 aliphatic rings. The predicted octanol–water partition coefficient (Wildman–Crippen LogP) is 1.46. The molecule has 1 N–H and O–H groups in total. The van der Waals surface area contributed by atoms with Crippen molar-refractivity contribution in [1.29, 1.82) is 0 Å². The van der Waals surface area contributed by atoms with E-state index in [0.717, 1.165) is 32.7 Å². The Hall–Kier alpha value is -0.610. The van der Waals surface area contributed by atoms with Crippen LogP contribution in [0.25, 0.3) is 0 Å². The zero-order valence-electron chi connectivity index (χ0n) is 12.4. The van der Waals surface area contributed by atoms with E-state index in [2.05, 4.69) is 17.3 Å². The van der Waals surface area contributed by atoms with Crippen molar-refractivity contribution in [1.82, 2.24) is 15.1 Å². The number of piperazine rings is 1. The molecule has 1 saturated heterocycles. The fraction of sp³-hybridized carbons (Fsp3) is 0.933. The maximum absolute atomic E-state index is 12.1. The second kappa shape index (κ2) is 7.85. The van der Waals surface area contributed by atoms with Gasteiger partial charge in [0, 0.05) is 45.2 Å². The summed E-state index contributed by atoms with van der Waals surface area (Å²) in [4.78, 5) is 16.4. The first-order valence-corrected chi connectivity index (χ1v) is 7.95. The van der Waals surface area contributed by atoms with Gasteiger partial charge in [0.05, 0.1) is 0 Å². The fourth-order valence-electron chi connectivity index (χ4n) is 3.08. The minimum Gasteiger partial charge on any atom is -0.340 e. The second-order valence-corrected chi connectivity index (χ2v) is 6.08. The maximum Gasteiger partial charge on any atom is 0.223 e. The highest BCUT2D eigenvalue weighted by Crippen LogP contribution is 2.17. The van der Waals surface area contributed by atoms with Gasteiger partial charge < -0.3 is 15.1 Å². The summed E-state index contributed by atoms with van der Waals surface area (Å²) >= 11 is 0. The molecule has 1 heterocycles. The lowest BCUT2D eigenvalue weighted by molar-refractivity contribution is -0.132. The molecule has 19 heavy (non-hydrogen) atoms. The van der Waals surface area contributed by atoms with Gasteiger partial charge in [-0.05, 0) is 19.9 Å². The van der Waals surface area contributed by atoms with Gasteiger partial charge in [0.25, 0.3) is 0 Å². The van der Waals surface area contributed by atoms with Gasteiger partial charge in [-0.1, -0.05) is 25.7 Å². The third-order valence-electron chi connectivity index (χ3n) is 4.48. The largest absolute Gasteiger partial charge is 0.340 e. The van der Waals surface area contributed by atoms with Crippen LogP contribution in [0.4, 0.5) is 0 Å². The van der Waals surface area contributed by atoms with Gasteiger partial charge in [-0.15, -0.1) is 0 Å². The minimum absolute atomic E-state index is 0.328. The lowest BCUT2D eigenvalue weighted by Gasteiger charge is -2.32. The van der Waals surface area contributed by atoms with Gasteiger partial charge in [-0.25, -0.2) is 0 Å². The van der Waals surface area contributed by atoms with Gasteiger partial charge in [0.15, 0.2) is 0 Å². The molecular formula is C15H29N3O. The molecule has 2 fully saturated rings. The highest BCUT2D eigenvalue weighted by molar-refractivity contribution is 5.76. The Morgan fingerprint density at radius 3 is 2.32 bits per heavy atom. The Labute approximate surface area is 117 Å². The normalized spacial score (nSPS) is 23.3. The van der Waals surface area contributed by atoms with Crippen molar-refractivity contribution in [3.05, 3.63) is 0 Å². The molecule has 0 bridgehead atoms. The van der Waals surface area contributed by atoms with Crippen molar-refractivity contribution in [2.24, 2.45) is 0 Å². The summed E-state index contributed by atoms with van der Waals surface area (Å²) in [7, 11) is 2.12. The number of amides is 1. The molecule has 0 spiro atoms. The summed E-state index contributed by atoms with van der Waals surface area (Å²) in [6.07, 6.45) is 8.73. The maximum atomic E-state index is 12.1. The third-order valence-corrected chi connectivity index (χ3v) is 4.48. The number of nitrogens with one attached hydrogen (secondary N) is 1. The summed E-state index contributed by atoms with van der Waals surface area (Å²) in [5, 5.41) is 3.58. The Bertz CT molecular complexity index is 267. The fourth-order valence-corrected chi connectivity index (χ4v) is 3.08. The molecule has 1 amide bonds. The van der Waals surface area contributed by atoms with Crippen LogP contribution in [0.2, 0.25) is 0 Å². The number of hydrogen-bond donors (Lipinski definition) is 1. The minimum atomic E-state index is 0.328. The zero-order valence-corrected chi connectivity index (χ0v) is 12.4. The van der Waals surface area contributed by atoms with Crippen LogP contribution in [0.1, 0.15) is 44.9 Å². The van der Waals surface area contributed by atoms with Gasteiger partial charge in [0.1, 0.15) is 0 Å². The predicted molar refractivity (Wildman–Crippen MR) is 78.2 cm³/mol. The van der Waals surface area contributed by atoms with E-state index in [1.807, 2.05) is 4.90 Å². The van der Waals surface area contributed by atoms with E-state index in [4.69, 9.17) is 0 Å². The van der Waals surface area contributed by atoms with Crippen molar-refractivity contribution in [3.63, 3.8) is 0 Å². The van der Waals surface area contributed by atoms with Gasteiger partial charge in [-0.3, -0.25) is 4.79 Å². The Balaban J connectivity index is 1.60. The van der Waals surface area contributed by atoms with Crippen molar-refractivity contribution in [3.8, 4) is 0 Å². The molecule has 0 unspecified atom stereocenters. The average molecular weight is 267 g/mol. The molecule has 0 aromatic heterocycles. The molecule has 0 aromatic carbocycles. The first-order valence-electron chi connectivity index (χ1n) is 7.95. The molecule has 4 nitrogen and oxygen atoms in total.